The van der Waals surface area contributed by atoms with Crippen LogP contribution in [0.15, 0.2) is 48.8 Å². The number of hydrogen-bond donors (Lipinski definition) is 0. The van der Waals surface area contributed by atoms with E-state index in [9.17, 15) is 4.79 Å². The predicted octanol–water partition coefficient (Wildman–Crippen LogP) is 4.18. The Balaban J connectivity index is 2.28. The highest BCUT2D eigenvalue weighted by molar-refractivity contribution is 6.33. The van der Waals surface area contributed by atoms with Crippen molar-refractivity contribution in [1.82, 2.24) is 9.88 Å². The summed E-state index contributed by atoms with van der Waals surface area (Å²) in [7, 11) is 0. The van der Waals surface area contributed by atoms with Crippen LogP contribution in [0.3, 0.4) is 0 Å². The Bertz CT molecular complexity index is 601. The number of halogens is 1. The van der Waals surface area contributed by atoms with E-state index >= 15 is 0 Å². The summed E-state index contributed by atoms with van der Waals surface area (Å²) in [4.78, 5) is 18.6. The lowest BCUT2D eigenvalue weighted by atomic mass is 10.1. The molecule has 2 rings (SSSR count). The monoisotopic (exact) mass is 302 g/mol. The summed E-state index contributed by atoms with van der Waals surface area (Å²) in [5.74, 6) is -0.0550. The average molecular weight is 303 g/mol. The van der Waals surface area contributed by atoms with Crippen LogP contribution in [0, 0.1) is 0 Å². The molecule has 1 aromatic heterocycles. The Morgan fingerprint density at radius 3 is 2.62 bits per heavy atom. The van der Waals surface area contributed by atoms with Crippen LogP contribution < -0.4 is 0 Å². The van der Waals surface area contributed by atoms with Gasteiger partial charge in [0.05, 0.1) is 10.6 Å². The molecule has 110 valence electrons. The topological polar surface area (TPSA) is 33.2 Å². The number of amides is 1. The van der Waals surface area contributed by atoms with Crippen molar-refractivity contribution >= 4 is 17.5 Å². The maximum Gasteiger partial charge on any atom is 0.256 e. The minimum absolute atomic E-state index is 0.0550. The van der Waals surface area contributed by atoms with Gasteiger partial charge in [-0.3, -0.25) is 9.78 Å². The summed E-state index contributed by atoms with van der Waals surface area (Å²) >= 11 is 6.10. The van der Waals surface area contributed by atoms with Gasteiger partial charge < -0.3 is 4.90 Å². The number of benzene rings is 1. The van der Waals surface area contributed by atoms with Gasteiger partial charge in [-0.15, -0.1) is 0 Å². The standard InChI is InChI=1S/C17H19ClN2O/c1-3-13(2)20(12-14-7-5-4-6-8-14)17(21)15-9-10-19-11-16(15)18/h4-11,13H,3,12H2,1-2H3. The van der Waals surface area contributed by atoms with Gasteiger partial charge >= 0.3 is 0 Å². The summed E-state index contributed by atoms with van der Waals surface area (Å²) in [6.45, 7) is 4.70. The van der Waals surface area contributed by atoms with Crippen LogP contribution in [0.4, 0.5) is 0 Å². The first-order chi connectivity index (χ1) is 10.1. The third kappa shape index (κ3) is 3.82. The predicted molar refractivity (Wildman–Crippen MR) is 85.3 cm³/mol. The van der Waals surface area contributed by atoms with E-state index in [1.807, 2.05) is 35.2 Å². The van der Waals surface area contributed by atoms with Gasteiger partial charge in [0.1, 0.15) is 0 Å². The Labute approximate surface area is 130 Å². The normalized spacial score (nSPS) is 12.0. The van der Waals surface area contributed by atoms with Crippen molar-refractivity contribution in [3.8, 4) is 0 Å². The molecule has 0 spiro atoms. The molecule has 0 bridgehead atoms. The third-order valence-electron chi connectivity index (χ3n) is 3.58. The fourth-order valence-corrected chi connectivity index (χ4v) is 2.33. The molecule has 3 nitrogen and oxygen atoms in total. The lowest BCUT2D eigenvalue weighted by molar-refractivity contribution is 0.0671. The van der Waals surface area contributed by atoms with Gasteiger partial charge in [0, 0.05) is 25.0 Å². The van der Waals surface area contributed by atoms with Gasteiger partial charge in [0.2, 0.25) is 0 Å². The maximum atomic E-state index is 12.8. The summed E-state index contributed by atoms with van der Waals surface area (Å²) in [6.07, 6.45) is 3.99. The second-order valence-electron chi connectivity index (χ2n) is 5.03. The Kier molecular flexibility index (Phi) is 5.34. The van der Waals surface area contributed by atoms with E-state index < -0.39 is 0 Å². The van der Waals surface area contributed by atoms with Gasteiger partial charge in [-0.25, -0.2) is 0 Å². The lowest BCUT2D eigenvalue weighted by Crippen LogP contribution is -2.38. The van der Waals surface area contributed by atoms with E-state index in [0.29, 0.717) is 17.1 Å². The Morgan fingerprint density at radius 2 is 2.00 bits per heavy atom. The van der Waals surface area contributed by atoms with Crippen molar-refractivity contribution in [1.29, 1.82) is 0 Å². The maximum absolute atomic E-state index is 12.8. The van der Waals surface area contributed by atoms with E-state index in [4.69, 9.17) is 11.6 Å². The molecular formula is C17H19ClN2O. The SMILES string of the molecule is CCC(C)N(Cc1ccccc1)C(=O)c1ccncc1Cl. The number of rotatable bonds is 5. The molecule has 0 aliphatic heterocycles. The first-order valence-corrected chi connectivity index (χ1v) is 7.45. The molecular weight excluding hydrogens is 284 g/mol. The fourth-order valence-electron chi connectivity index (χ4n) is 2.13. The first kappa shape index (κ1) is 15.5. The molecule has 1 atom stereocenters. The minimum Gasteiger partial charge on any atom is -0.332 e. The van der Waals surface area contributed by atoms with Crippen LogP contribution in [0.1, 0.15) is 36.2 Å². The zero-order valence-corrected chi connectivity index (χ0v) is 13.0. The molecule has 0 saturated heterocycles. The summed E-state index contributed by atoms with van der Waals surface area (Å²) < 4.78 is 0. The van der Waals surface area contributed by atoms with Crippen molar-refractivity contribution in [2.45, 2.75) is 32.9 Å². The van der Waals surface area contributed by atoms with Crippen LogP contribution in [0.25, 0.3) is 0 Å². The van der Waals surface area contributed by atoms with E-state index in [1.165, 1.54) is 6.20 Å². The largest absolute Gasteiger partial charge is 0.332 e. The zero-order valence-electron chi connectivity index (χ0n) is 12.3. The van der Waals surface area contributed by atoms with Crippen molar-refractivity contribution in [2.24, 2.45) is 0 Å². The number of pyridine rings is 1. The van der Waals surface area contributed by atoms with Crippen molar-refractivity contribution < 1.29 is 4.79 Å². The molecule has 0 fully saturated rings. The molecule has 1 aromatic carbocycles. The molecule has 0 N–H and O–H groups in total. The van der Waals surface area contributed by atoms with Gasteiger partial charge in [-0.2, -0.15) is 0 Å². The second-order valence-corrected chi connectivity index (χ2v) is 5.44. The van der Waals surface area contributed by atoms with Crippen molar-refractivity contribution in [3.63, 3.8) is 0 Å². The van der Waals surface area contributed by atoms with Crippen LogP contribution >= 0.6 is 11.6 Å². The molecule has 1 heterocycles. The van der Waals surface area contributed by atoms with Crippen LogP contribution in [0.2, 0.25) is 5.02 Å². The number of aromatic nitrogens is 1. The number of carbonyl (C=O) groups excluding carboxylic acids is 1. The average Bonchev–Trinajstić information content (AvgIpc) is 2.53. The minimum atomic E-state index is -0.0550. The molecule has 1 amide bonds. The lowest BCUT2D eigenvalue weighted by Gasteiger charge is -2.29. The Hall–Kier alpha value is -1.87. The van der Waals surface area contributed by atoms with Crippen molar-refractivity contribution in [2.75, 3.05) is 0 Å². The zero-order chi connectivity index (χ0) is 15.2. The van der Waals surface area contributed by atoms with Gasteiger partial charge in [0.25, 0.3) is 5.91 Å². The quantitative estimate of drug-likeness (QED) is 0.830. The first-order valence-electron chi connectivity index (χ1n) is 7.08. The van der Waals surface area contributed by atoms with Gasteiger partial charge in [0.15, 0.2) is 0 Å². The summed E-state index contributed by atoms with van der Waals surface area (Å²) in [6, 6.07) is 11.8. The molecule has 21 heavy (non-hydrogen) atoms. The molecule has 0 saturated carbocycles. The van der Waals surface area contributed by atoms with Crippen LogP contribution in [-0.4, -0.2) is 21.8 Å². The molecule has 0 aliphatic carbocycles. The molecule has 0 radical (unpaired) electrons. The highest BCUT2D eigenvalue weighted by atomic mass is 35.5. The number of carbonyl (C=O) groups is 1. The van der Waals surface area contributed by atoms with Gasteiger partial charge in [-0.05, 0) is 25.0 Å². The molecule has 1 unspecified atom stereocenters. The highest BCUT2D eigenvalue weighted by Crippen LogP contribution is 2.20. The van der Waals surface area contributed by atoms with E-state index in [-0.39, 0.29) is 11.9 Å². The van der Waals surface area contributed by atoms with E-state index in [1.54, 1.807) is 12.3 Å². The molecule has 4 heteroatoms. The van der Waals surface area contributed by atoms with Crippen LogP contribution in [-0.2, 0) is 6.54 Å². The molecule has 2 aromatic rings. The third-order valence-corrected chi connectivity index (χ3v) is 3.88. The van der Waals surface area contributed by atoms with E-state index in [2.05, 4.69) is 18.8 Å². The Morgan fingerprint density at radius 1 is 1.29 bits per heavy atom. The van der Waals surface area contributed by atoms with Crippen molar-refractivity contribution in [3.05, 3.63) is 64.9 Å². The number of hydrogen-bond acceptors (Lipinski definition) is 2. The van der Waals surface area contributed by atoms with Gasteiger partial charge in [-0.1, -0.05) is 48.9 Å². The summed E-state index contributed by atoms with van der Waals surface area (Å²) in [5, 5.41) is 0.392. The smallest absolute Gasteiger partial charge is 0.256 e. The van der Waals surface area contributed by atoms with E-state index in [0.717, 1.165) is 12.0 Å². The molecule has 0 aliphatic rings. The fraction of sp³-hybridized carbons (Fsp3) is 0.294. The second kappa shape index (κ2) is 7.23. The summed E-state index contributed by atoms with van der Waals surface area (Å²) in [5.41, 5.74) is 1.61. The number of nitrogens with zero attached hydrogens (tertiary/aromatic N) is 2. The highest BCUT2D eigenvalue weighted by Gasteiger charge is 2.22. The van der Waals surface area contributed by atoms with Crippen LogP contribution in [0.5, 0.6) is 0 Å².